The van der Waals surface area contributed by atoms with Crippen LogP contribution in [-0.2, 0) is 11.2 Å². The number of carbonyl (C=O) groups is 1. The van der Waals surface area contributed by atoms with Crippen LogP contribution in [0.4, 0.5) is 16.6 Å². The summed E-state index contributed by atoms with van der Waals surface area (Å²) in [4.78, 5) is 27.6. The monoisotopic (exact) mass is 473 g/mol. The van der Waals surface area contributed by atoms with Crippen LogP contribution in [0.5, 0.6) is 0 Å². The first-order chi connectivity index (χ1) is 14.0. The molecule has 3 aliphatic heterocycles. The molecule has 0 spiro atoms. The van der Waals surface area contributed by atoms with Gasteiger partial charge in [-0.25, -0.2) is 9.78 Å². The third-order valence-corrected chi connectivity index (χ3v) is 7.14. The molecule has 4 heterocycles. The lowest BCUT2D eigenvalue weighted by molar-refractivity contribution is 0.0843. The molecule has 0 bridgehead atoms. The molecule has 0 saturated carbocycles. The van der Waals surface area contributed by atoms with Crippen molar-refractivity contribution in [3.8, 4) is 0 Å². The van der Waals surface area contributed by atoms with E-state index in [1.165, 1.54) is 0 Å². The summed E-state index contributed by atoms with van der Waals surface area (Å²) in [5, 5.41) is 10.3. The van der Waals surface area contributed by atoms with E-state index in [2.05, 4.69) is 49.4 Å². The van der Waals surface area contributed by atoms with Crippen molar-refractivity contribution in [2.24, 2.45) is 5.41 Å². The number of fused-ring (bicyclic) bond motifs is 1. The average Bonchev–Trinajstić information content (AvgIpc) is 3.24. The second-order valence-corrected chi connectivity index (χ2v) is 10.3. The summed E-state index contributed by atoms with van der Waals surface area (Å²) in [7, 11) is 0. The Balaban J connectivity index is 0.00000272. The first-order valence-electron chi connectivity index (χ1n) is 10.7. The molecule has 10 heteroatoms. The van der Waals surface area contributed by atoms with Crippen LogP contribution in [0.1, 0.15) is 46.6 Å². The van der Waals surface area contributed by atoms with Crippen molar-refractivity contribution < 1.29 is 14.6 Å². The van der Waals surface area contributed by atoms with Crippen LogP contribution in [0, 0.1) is 5.41 Å². The average molecular weight is 474 g/mol. The zero-order chi connectivity index (χ0) is 21.8. The standard InChI is InChI=1S/C21H32ClN5O3.ClH/c1-13-12-30-11-10-25(13)18-23-15(22)14-6-8-27(16(14)24-18)21(5)7-9-26(19(28)29)17(21)20(2,3)4;/h13,17H,6-12H2,1-5H3,(H,28,29);1H/t13-,17?,21-;/m0./s1. The largest absolute Gasteiger partial charge is 0.465 e. The van der Waals surface area contributed by atoms with E-state index in [1.807, 2.05) is 0 Å². The number of halogens is 2. The Morgan fingerprint density at radius 3 is 2.58 bits per heavy atom. The first-order valence-corrected chi connectivity index (χ1v) is 11.1. The molecule has 0 aromatic carbocycles. The lowest BCUT2D eigenvalue weighted by Gasteiger charge is -2.48. The second kappa shape index (κ2) is 8.45. The number of anilines is 2. The van der Waals surface area contributed by atoms with Gasteiger partial charge in [-0.3, -0.25) is 0 Å². The molecule has 3 atom stereocenters. The Kier molecular flexibility index (Phi) is 6.58. The number of likely N-dealkylation sites (tertiary alicyclic amines) is 1. The van der Waals surface area contributed by atoms with Crippen LogP contribution in [0.3, 0.4) is 0 Å². The molecular weight excluding hydrogens is 441 g/mol. The molecule has 174 valence electrons. The number of hydrogen-bond donors (Lipinski definition) is 1. The lowest BCUT2D eigenvalue weighted by atomic mass is 9.74. The molecule has 2 saturated heterocycles. The van der Waals surface area contributed by atoms with Gasteiger partial charge in [0.1, 0.15) is 11.0 Å². The van der Waals surface area contributed by atoms with Crippen molar-refractivity contribution in [2.75, 3.05) is 42.6 Å². The van der Waals surface area contributed by atoms with Gasteiger partial charge < -0.3 is 24.5 Å². The summed E-state index contributed by atoms with van der Waals surface area (Å²) < 4.78 is 5.56. The Morgan fingerprint density at radius 1 is 1.26 bits per heavy atom. The first kappa shape index (κ1) is 24.1. The van der Waals surface area contributed by atoms with Gasteiger partial charge in [-0.05, 0) is 32.1 Å². The maximum atomic E-state index is 12.0. The highest BCUT2D eigenvalue weighted by atomic mass is 35.5. The molecule has 31 heavy (non-hydrogen) atoms. The van der Waals surface area contributed by atoms with Crippen molar-refractivity contribution in [1.29, 1.82) is 0 Å². The summed E-state index contributed by atoms with van der Waals surface area (Å²) in [6.07, 6.45) is 0.666. The van der Waals surface area contributed by atoms with Crippen LogP contribution >= 0.6 is 24.0 Å². The van der Waals surface area contributed by atoms with Crippen molar-refractivity contribution in [3.05, 3.63) is 10.7 Å². The normalized spacial score (nSPS) is 28.5. The fourth-order valence-corrected chi connectivity index (χ4v) is 5.94. The molecule has 1 aromatic rings. The van der Waals surface area contributed by atoms with E-state index >= 15 is 0 Å². The Labute approximate surface area is 195 Å². The molecule has 1 aromatic heterocycles. The van der Waals surface area contributed by atoms with E-state index in [4.69, 9.17) is 21.3 Å². The lowest BCUT2D eigenvalue weighted by Crippen LogP contribution is -2.60. The van der Waals surface area contributed by atoms with E-state index in [0.717, 1.165) is 37.3 Å². The third kappa shape index (κ3) is 4.02. The predicted octanol–water partition coefficient (Wildman–Crippen LogP) is 3.70. The molecule has 1 unspecified atom stereocenters. The molecule has 0 aliphatic carbocycles. The number of ether oxygens (including phenoxy) is 1. The number of aromatic nitrogens is 2. The number of carboxylic acid groups (broad SMARTS) is 1. The van der Waals surface area contributed by atoms with Gasteiger partial charge in [0.15, 0.2) is 0 Å². The molecule has 0 radical (unpaired) electrons. The van der Waals surface area contributed by atoms with Gasteiger partial charge in [-0.1, -0.05) is 32.4 Å². The fraction of sp³-hybridized carbons (Fsp3) is 0.762. The predicted molar refractivity (Wildman–Crippen MR) is 124 cm³/mol. The van der Waals surface area contributed by atoms with Gasteiger partial charge in [0.05, 0.1) is 30.8 Å². The van der Waals surface area contributed by atoms with E-state index in [0.29, 0.717) is 30.9 Å². The molecule has 4 rings (SSSR count). The van der Waals surface area contributed by atoms with E-state index in [9.17, 15) is 9.90 Å². The van der Waals surface area contributed by atoms with Gasteiger partial charge in [-0.15, -0.1) is 12.4 Å². The minimum Gasteiger partial charge on any atom is -0.465 e. The maximum absolute atomic E-state index is 12.0. The number of morpholine rings is 1. The Hall–Kier alpha value is -1.51. The summed E-state index contributed by atoms with van der Waals surface area (Å²) in [6.45, 7) is 13.9. The SMILES string of the molecule is C[C@H]1COCCN1c1nc(Cl)c2c(n1)N([C@@]1(C)CCN(C(=O)O)C1C(C)(C)C)CC2.Cl. The number of amides is 1. The van der Waals surface area contributed by atoms with Gasteiger partial charge >= 0.3 is 6.09 Å². The maximum Gasteiger partial charge on any atom is 0.407 e. The smallest absolute Gasteiger partial charge is 0.407 e. The summed E-state index contributed by atoms with van der Waals surface area (Å²) in [6, 6.07) is 0.0163. The van der Waals surface area contributed by atoms with Gasteiger partial charge in [0.25, 0.3) is 0 Å². The summed E-state index contributed by atoms with van der Waals surface area (Å²) in [5.74, 6) is 1.48. The van der Waals surface area contributed by atoms with E-state index < -0.39 is 6.09 Å². The summed E-state index contributed by atoms with van der Waals surface area (Å²) >= 11 is 6.62. The molecular formula is C21H33Cl2N5O3. The molecule has 8 nitrogen and oxygen atoms in total. The van der Waals surface area contributed by atoms with Crippen LogP contribution in [-0.4, -0.2) is 76.5 Å². The van der Waals surface area contributed by atoms with Crippen molar-refractivity contribution in [1.82, 2.24) is 14.9 Å². The van der Waals surface area contributed by atoms with Gasteiger partial charge in [0, 0.05) is 25.2 Å². The van der Waals surface area contributed by atoms with Crippen LogP contribution < -0.4 is 9.80 Å². The third-order valence-electron chi connectivity index (χ3n) is 6.83. The summed E-state index contributed by atoms with van der Waals surface area (Å²) in [5.41, 5.74) is 0.377. The topological polar surface area (TPSA) is 82.0 Å². The minimum absolute atomic E-state index is 0. The Morgan fingerprint density at radius 2 is 1.97 bits per heavy atom. The highest BCUT2D eigenvalue weighted by molar-refractivity contribution is 6.30. The van der Waals surface area contributed by atoms with Crippen LogP contribution in [0.2, 0.25) is 5.15 Å². The molecule has 1 N–H and O–H groups in total. The van der Waals surface area contributed by atoms with Gasteiger partial charge in [-0.2, -0.15) is 4.98 Å². The van der Waals surface area contributed by atoms with Crippen molar-refractivity contribution in [3.63, 3.8) is 0 Å². The highest BCUT2D eigenvalue weighted by Gasteiger charge is 2.56. The zero-order valence-electron chi connectivity index (χ0n) is 18.9. The molecule has 3 aliphatic rings. The zero-order valence-corrected chi connectivity index (χ0v) is 20.5. The quantitative estimate of drug-likeness (QED) is 0.655. The number of nitrogens with zero attached hydrogens (tertiary/aromatic N) is 5. The molecule has 1 amide bonds. The van der Waals surface area contributed by atoms with Crippen molar-refractivity contribution >= 4 is 41.9 Å². The van der Waals surface area contributed by atoms with Crippen molar-refractivity contribution in [2.45, 2.75) is 65.1 Å². The Bertz CT molecular complexity index is 849. The minimum atomic E-state index is -0.860. The van der Waals surface area contributed by atoms with E-state index in [1.54, 1.807) is 4.90 Å². The number of rotatable bonds is 2. The van der Waals surface area contributed by atoms with Crippen LogP contribution in [0.15, 0.2) is 0 Å². The second-order valence-electron chi connectivity index (χ2n) is 9.99. The van der Waals surface area contributed by atoms with Crippen LogP contribution in [0.25, 0.3) is 0 Å². The van der Waals surface area contributed by atoms with E-state index in [-0.39, 0.29) is 35.4 Å². The number of hydrogen-bond acceptors (Lipinski definition) is 6. The molecule has 2 fully saturated rings. The van der Waals surface area contributed by atoms with Gasteiger partial charge in [0.2, 0.25) is 5.95 Å². The highest BCUT2D eigenvalue weighted by Crippen LogP contribution is 2.47. The fourth-order valence-electron chi connectivity index (χ4n) is 5.69.